The van der Waals surface area contributed by atoms with Crippen LogP contribution in [-0.2, 0) is 0 Å². The van der Waals surface area contributed by atoms with Gasteiger partial charge in [0.2, 0.25) is 0 Å². The smallest absolute Gasteiger partial charge is 0.0404 e. The van der Waals surface area contributed by atoms with E-state index in [2.05, 4.69) is 17.2 Å². The van der Waals surface area contributed by atoms with Crippen LogP contribution in [0, 0.1) is 0 Å². The zero-order valence-electron chi connectivity index (χ0n) is 8.67. The van der Waals surface area contributed by atoms with E-state index in [1.807, 2.05) is 50.4 Å². The van der Waals surface area contributed by atoms with Crippen molar-refractivity contribution >= 4 is 11.4 Å². The van der Waals surface area contributed by atoms with Crippen molar-refractivity contribution in [1.29, 1.82) is 0 Å². The SMILES string of the molecule is C=C(/C=C\C)Nc1cccc(NC)c1. The van der Waals surface area contributed by atoms with Gasteiger partial charge in [-0.3, -0.25) is 0 Å². The molecule has 0 radical (unpaired) electrons. The molecule has 0 saturated carbocycles. The van der Waals surface area contributed by atoms with E-state index in [0.717, 1.165) is 17.1 Å². The molecule has 0 aliphatic carbocycles. The van der Waals surface area contributed by atoms with Crippen molar-refractivity contribution in [3.63, 3.8) is 0 Å². The van der Waals surface area contributed by atoms with Crippen LogP contribution in [-0.4, -0.2) is 7.05 Å². The summed E-state index contributed by atoms with van der Waals surface area (Å²) in [6.07, 6.45) is 3.89. The van der Waals surface area contributed by atoms with Gasteiger partial charge >= 0.3 is 0 Å². The van der Waals surface area contributed by atoms with E-state index in [1.165, 1.54) is 0 Å². The average Bonchev–Trinajstić information content (AvgIpc) is 2.18. The molecule has 0 saturated heterocycles. The van der Waals surface area contributed by atoms with Crippen molar-refractivity contribution in [2.24, 2.45) is 0 Å². The second-order valence-corrected chi connectivity index (χ2v) is 2.98. The minimum Gasteiger partial charge on any atom is -0.388 e. The van der Waals surface area contributed by atoms with Crippen LogP contribution in [0.2, 0.25) is 0 Å². The predicted molar refractivity (Wildman–Crippen MR) is 63.6 cm³/mol. The zero-order valence-corrected chi connectivity index (χ0v) is 8.67. The highest BCUT2D eigenvalue weighted by molar-refractivity contribution is 5.59. The fourth-order valence-electron chi connectivity index (χ4n) is 1.18. The Bertz CT molecular complexity index is 340. The zero-order chi connectivity index (χ0) is 10.4. The van der Waals surface area contributed by atoms with Gasteiger partial charge in [-0.25, -0.2) is 0 Å². The molecule has 0 aromatic heterocycles. The Hall–Kier alpha value is -1.70. The third-order valence-corrected chi connectivity index (χ3v) is 1.82. The van der Waals surface area contributed by atoms with Gasteiger partial charge in [-0.05, 0) is 31.2 Å². The van der Waals surface area contributed by atoms with Gasteiger partial charge in [0.05, 0.1) is 0 Å². The lowest BCUT2D eigenvalue weighted by Crippen LogP contribution is -1.96. The monoisotopic (exact) mass is 188 g/mol. The number of anilines is 2. The van der Waals surface area contributed by atoms with Gasteiger partial charge in [-0.15, -0.1) is 0 Å². The molecule has 0 bridgehead atoms. The molecule has 0 spiro atoms. The molecule has 2 nitrogen and oxygen atoms in total. The van der Waals surface area contributed by atoms with Gasteiger partial charge in [0.25, 0.3) is 0 Å². The maximum Gasteiger partial charge on any atom is 0.0404 e. The Balaban J connectivity index is 2.71. The maximum atomic E-state index is 3.88. The summed E-state index contributed by atoms with van der Waals surface area (Å²) in [6, 6.07) is 8.06. The third kappa shape index (κ3) is 2.98. The molecule has 0 aliphatic rings. The summed E-state index contributed by atoms with van der Waals surface area (Å²) >= 11 is 0. The van der Waals surface area contributed by atoms with Crippen LogP contribution in [0.4, 0.5) is 11.4 Å². The van der Waals surface area contributed by atoms with Crippen molar-refractivity contribution in [2.75, 3.05) is 17.7 Å². The molecule has 2 N–H and O–H groups in total. The third-order valence-electron chi connectivity index (χ3n) is 1.82. The maximum absolute atomic E-state index is 3.88. The van der Waals surface area contributed by atoms with Crippen molar-refractivity contribution < 1.29 is 0 Å². The van der Waals surface area contributed by atoms with E-state index < -0.39 is 0 Å². The molecule has 1 aromatic rings. The van der Waals surface area contributed by atoms with Crippen LogP contribution >= 0.6 is 0 Å². The highest BCUT2D eigenvalue weighted by atomic mass is 14.9. The number of hydrogen-bond donors (Lipinski definition) is 2. The molecule has 0 aliphatic heterocycles. The molecule has 0 unspecified atom stereocenters. The summed E-state index contributed by atoms with van der Waals surface area (Å²) in [5, 5.41) is 6.28. The number of benzene rings is 1. The lowest BCUT2D eigenvalue weighted by atomic mass is 10.2. The minimum atomic E-state index is 0.890. The number of nitrogens with one attached hydrogen (secondary N) is 2. The highest BCUT2D eigenvalue weighted by Gasteiger charge is 1.93. The van der Waals surface area contributed by atoms with Crippen molar-refractivity contribution in [2.45, 2.75) is 6.92 Å². The molecule has 0 heterocycles. The average molecular weight is 188 g/mol. The Morgan fingerprint density at radius 2 is 2.07 bits per heavy atom. The van der Waals surface area contributed by atoms with Crippen molar-refractivity contribution in [1.82, 2.24) is 0 Å². The normalized spacial score (nSPS) is 10.1. The van der Waals surface area contributed by atoms with Gasteiger partial charge in [-0.1, -0.05) is 18.7 Å². The Morgan fingerprint density at radius 1 is 1.36 bits per heavy atom. The van der Waals surface area contributed by atoms with E-state index >= 15 is 0 Å². The van der Waals surface area contributed by atoms with E-state index in [4.69, 9.17) is 0 Å². The van der Waals surface area contributed by atoms with Crippen molar-refractivity contribution in [3.05, 3.63) is 48.7 Å². The molecule has 0 fully saturated rings. The van der Waals surface area contributed by atoms with E-state index in [1.54, 1.807) is 0 Å². The summed E-state index contributed by atoms with van der Waals surface area (Å²) < 4.78 is 0. The lowest BCUT2D eigenvalue weighted by Gasteiger charge is -2.07. The molecule has 14 heavy (non-hydrogen) atoms. The van der Waals surface area contributed by atoms with E-state index in [9.17, 15) is 0 Å². The van der Waals surface area contributed by atoms with Crippen LogP contribution in [0.5, 0.6) is 0 Å². The van der Waals surface area contributed by atoms with Gasteiger partial charge in [0.1, 0.15) is 0 Å². The first-order valence-electron chi connectivity index (χ1n) is 4.62. The molecule has 0 atom stereocenters. The summed E-state index contributed by atoms with van der Waals surface area (Å²) in [4.78, 5) is 0. The molecular formula is C12H16N2. The molecule has 1 rings (SSSR count). The second-order valence-electron chi connectivity index (χ2n) is 2.98. The van der Waals surface area contributed by atoms with Crippen LogP contribution in [0.15, 0.2) is 48.7 Å². The summed E-state index contributed by atoms with van der Waals surface area (Å²) in [6.45, 7) is 5.85. The van der Waals surface area contributed by atoms with Crippen LogP contribution in [0.1, 0.15) is 6.92 Å². The number of allylic oxidation sites excluding steroid dienone is 2. The molecular weight excluding hydrogens is 172 g/mol. The largest absolute Gasteiger partial charge is 0.388 e. The molecule has 74 valence electrons. The fraction of sp³-hybridized carbons (Fsp3) is 0.167. The predicted octanol–water partition coefficient (Wildman–Crippen LogP) is 3.23. The Labute approximate surface area is 85.3 Å². The topological polar surface area (TPSA) is 24.1 Å². The van der Waals surface area contributed by atoms with Gasteiger partial charge in [-0.2, -0.15) is 0 Å². The Morgan fingerprint density at radius 3 is 2.71 bits per heavy atom. The van der Waals surface area contributed by atoms with Gasteiger partial charge in [0.15, 0.2) is 0 Å². The van der Waals surface area contributed by atoms with Gasteiger partial charge < -0.3 is 10.6 Å². The number of rotatable bonds is 4. The van der Waals surface area contributed by atoms with Crippen LogP contribution in [0.25, 0.3) is 0 Å². The van der Waals surface area contributed by atoms with Gasteiger partial charge in [0, 0.05) is 24.1 Å². The first kappa shape index (κ1) is 10.4. The van der Waals surface area contributed by atoms with Crippen LogP contribution < -0.4 is 10.6 Å². The summed E-state index contributed by atoms with van der Waals surface area (Å²) in [5.74, 6) is 0. The van der Waals surface area contributed by atoms with Crippen LogP contribution in [0.3, 0.4) is 0 Å². The summed E-state index contributed by atoms with van der Waals surface area (Å²) in [5.41, 5.74) is 3.02. The molecule has 1 aromatic carbocycles. The molecule has 2 heteroatoms. The summed E-state index contributed by atoms with van der Waals surface area (Å²) in [7, 11) is 1.90. The standard InChI is InChI=1S/C12H16N2/c1-4-6-10(2)14-12-8-5-7-11(9-12)13-3/h4-9,13-14H,2H2,1,3H3/b6-4-. The first-order valence-corrected chi connectivity index (χ1v) is 4.62. The molecule has 0 amide bonds. The second kappa shape index (κ2) is 5.12. The quantitative estimate of drug-likeness (QED) is 0.709. The van der Waals surface area contributed by atoms with E-state index in [-0.39, 0.29) is 0 Å². The first-order chi connectivity index (χ1) is 6.76. The lowest BCUT2D eigenvalue weighted by molar-refractivity contribution is 1.45. The highest BCUT2D eigenvalue weighted by Crippen LogP contribution is 2.15. The van der Waals surface area contributed by atoms with Crippen molar-refractivity contribution in [3.8, 4) is 0 Å². The fourth-order valence-corrected chi connectivity index (χ4v) is 1.18. The van der Waals surface area contributed by atoms with E-state index in [0.29, 0.717) is 0 Å². The number of hydrogen-bond acceptors (Lipinski definition) is 2. The Kier molecular flexibility index (Phi) is 3.80. The minimum absolute atomic E-state index is 0.890.